The van der Waals surface area contributed by atoms with Gasteiger partial charge < -0.3 is 14.4 Å². The van der Waals surface area contributed by atoms with Crippen molar-refractivity contribution >= 4 is 35.3 Å². The van der Waals surface area contributed by atoms with Crippen molar-refractivity contribution in [2.24, 2.45) is 11.8 Å². The van der Waals surface area contributed by atoms with E-state index in [-0.39, 0.29) is 20.1 Å². The van der Waals surface area contributed by atoms with Crippen LogP contribution >= 0.6 is 0 Å². The third kappa shape index (κ3) is 8.92. The molecule has 0 fully saturated rings. The number of hydrogen-bond donors (Lipinski definition) is 0. The first kappa shape index (κ1) is 37.0. The molecule has 7 rings (SSSR count). The fourth-order valence-corrected chi connectivity index (χ4v) is 7.81. The molecule has 0 N–H and O–H groups in total. The molecule has 7 aromatic rings. The van der Waals surface area contributed by atoms with Crippen LogP contribution in [-0.4, -0.2) is 23.0 Å². The zero-order chi connectivity index (χ0) is 34.5. The van der Waals surface area contributed by atoms with Gasteiger partial charge in [-0.05, 0) is 59.5 Å². The van der Waals surface area contributed by atoms with E-state index >= 15 is 0 Å². The summed E-state index contributed by atoms with van der Waals surface area (Å²) in [5.41, 5.74) is 10.2. The van der Waals surface area contributed by atoms with Gasteiger partial charge in [0.2, 0.25) is 5.71 Å². The van der Waals surface area contributed by atoms with E-state index in [2.05, 4.69) is 124 Å². The minimum absolute atomic E-state index is 0. The first-order valence-corrected chi connectivity index (χ1v) is 20.8. The molecule has 3 aromatic carbocycles. The number of benzene rings is 3. The molecule has 0 bridgehead atoms. The fraction of sp³-hybridized carbons (Fsp3) is 0.250. The van der Waals surface area contributed by atoms with Crippen molar-refractivity contribution in [3.05, 3.63) is 133 Å². The quantitative estimate of drug-likeness (QED) is 0.113. The van der Waals surface area contributed by atoms with E-state index in [1.807, 2.05) is 54.7 Å². The summed E-state index contributed by atoms with van der Waals surface area (Å²) in [6.07, 6.45) is 6.16. The van der Waals surface area contributed by atoms with Gasteiger partial charge in [-0.15, -0.1) is 59.7 Å². The monoisotopic (exact) mass is 852 g/mol. The average molecular weight is 852 g/mol. The van der Waals surface area contributed by atoms with Gasteiger partial charge in [-0.25, -0.2) is 4.98 Å². The summed E-state index contributed by atoms with van der Waals surface area (Å²) in [6, 6.07) is 39.5. The average Bonchev–Trinajstić information content (AvgIpc) is 3.46. The number of furan rings is 1. The maximum Gasteiger partial charge on any atom is 0.216 e. The standard InChI is InChI=1S/C26H21N2O.C18H24NSi.Ir/c1-17(2)14-18-12-13-27-24(15-18)20-8-11-25-22(16-20)21-9-10-23(28-26(21)29-25)19-6-4-3-5-7-19;1-14(2)11-16-12-17(15-9-7-6-8-10-15)19-13-18(16)20(3,4)5;/h3-7,9-13,15-17H,14H2,1-2H3;6-9,12-14H,11H2,1-5H3;/q2*-1;. The van der Waals surface area contributed by atoms with Crippen LogP contribution in [0.1, 0.15) is 38.8 Å². The van der Waals surface area contributed by atoms with Gasteiger partial charge in [0, 0.05) is 43.4 Å². The van der Waals surface area contributed by atoms with E-state index in [1.165, 1.54) is 16.3 Å². The number of nitrogens with zero attached hydrogens (tertiary/aromatic N) is 3. The summed E-state index contributed by atoms with van der Waals surface area (Å²) in [5, 5.41) is 3.54. The molecule has 0 unspecified atom stereocenters. The van der Waals surface area contributed by atoms with Crippen molar-refractivity contribution in [1.82, 2.24) is 15.0 Å². The molecular formula is C44H45IrN3OSi-2. The van der Waals surface area contributed by atoms with Crippen molar-refractivity contribution in [3.63, 3.8) is 0 Å². The van der Waals surface area contributed by atoms with E-state index in [1.54, 1.807) is 0 Å². The van der Waals surface area contributed by atoms with Gasteiger partial charge in [0.05, 0.1) is 19.4 Å². The summed E-state index contributed by atoms with van der Waals surface area (Å²) in [4.78, 5) is 14.0. The molecule has 0 aliphatic carbocycles. The molecule has 0 aliphatic heterocycles. The Morgan fingerprint density at radius 1 is 0.700 bits per heavy atom. The number of pyridine rings is 3. The molecule has 4 heterocycles. The molecule has 0 aliphatic rings. The molecule has 4 aromatic heterocycles. The Labute approximate surface area is 311 Å². The van der Waals surface area contributed by atoms with Crippen LogP contribution in [0.25, 0.3) is 55.8 Å². The van der Waals surface area contributed by atoms with Gasteiger partial charge in [-0.2, -0.15) is 0 Å². The van der Waals surface area contributed by atoms with E-state index in [0.717, 1.165) is 63.0 Å². The third-order valence-corrected chi connectivity index (χ3v) is 10.6. The Morgan fingerprint density at radius 2 is 1.44 bits per heavy atom. The van der Waals surface area contributed by atoms with Crippen LogP contribution in [0.15, 0.2) is 114 Å². The summed E-state index contributed by atoms with van der Waals surface area (Å²) in [5.74, 6) is 1.28. The summed E-state index contributed by atoms with van der Waals surface area (Å²) >= 11 is 0. The predicted molar refractivity (Wildman–Crippen MR) is 208 cm³/mol. The second-order valence-electron chi connectivity index (χ2n) is 14.6. The topological polar surface area (TPSA) is 51.8 Å². The van der Waals surface area contributed by atoms with Crippen LogP contribution in [0.3, 0.4) is 0 Å². The fourth-order valence-electron chi connectivity index (χ4n) is 6.22. The van der Waals surface area contributed by atoms with E-state index in [9.17, 15) is 0 Å². The smallest absolute Gasteiger partial charge is 0.216 e. The van der Waals surface area contributed by atoms with Gasteiger partial charge in [0.15, 0.2) is 0 Å². The van der Waals surface area contributed by atoms with Gasteiger partial charge in [0.25, 0.3) is 0 Å². The SMILES string of the molecule is CC(C)Cc1cc(-c2[c-]cccc2)ncc1[Si](C)(C)C.CC(C)Cc1ccnc(-c2[c-]cc3oc4nc(-c5ccccc5)ccc4c3c2)c1.[Ir]. The molecule has 0 spiro atoms. The van der Waals surface area contributed by atoms with Crippen molar-refractivity contribution in [3.8, 4) is 33.8 Å². The minimum atomic E-state index is -1.34. The maximum absolute atomic E-state index is 6.02. The van der Waals surface area contributed by atoms with Crippen LogP contribution in [0.5, 0.6) is 0 Å². The Kier molecular flexibility index (Phi) is 12.0. The minimum Gasteiger partial charge on any atom is -0.486 e. The Morgan fingerprint density at radius 3 is 2.14 bits per heavy atom. The predicted octanol–water partition coefficient (Wildman–Crippen LogP) is 11.0. The number of rotatable bonds is 8. The normalized spacial score (nSPS) is 11.5. The Hall–Kier alpha value is -4.22. The first-order chi connectivity index (χ1) is 23.5. The summed E-state index contributed by atoms with van der Waals surface area (Å²) < 4.78 is 6.02. The number of fused-ring (bicyclic) bond motifs is 3. The molecule has 50 heavy (non-hydrogen) atoms. The largest absolute Gasteiger partial charge is 0.486 e. The van der Waals surface area contributed by atoms with Gasteiger partial charge in [-0.3, -0.25) is 0 Å². The zero-order valence-electron chi connectivity index (χ0n) is 30.0. The van der Waals surface area contributed by atoms with Gasteiger partial charge in [-0.1, -0.05) is 106 Å². The molecule has 257 valence electrons. The van der Waals surface area contributed by atoms with Crippen LogP contribution in [0, 0.1) is 24.0 Å². The molecule has 4 nitrogen and oxygen atoms in total. The van der Waals surface area contributed by atoms with E-state index in [4.69, 9.17) is 9.40 Å². The zero-order valence-corrected chi connectivity index (χ0v) is 33.4. The molecule has 1 radical (unpaired) electrons. The number of hydrogen-bond acceptors (Lipinski definition) is 4. The van der Waals surface area contributed by atoms with Crippen LogP contribution in [0.2, 0.25) is 19.6 Å². The van der Waals surface area contributed by atoms with Crippen molar-refractivity contribution < 1.29 is 24.5 Å². The molecular weight excluding hydrogens is 807 g/mol. The molecule has 0 atom stereocenters. The van der Waals surface area contributed by atoms with Gasteiger partial charge >= 0.3 is 0 Å². The first-order valence-electron chi connectivity index (χ1n) is 17.3. The van der Waals surface area contributed by atoms with E-state index < -0.39 is 8.07 Å². The van der Waals surface area contributed by atoms with Crippen molar-refractivity contribution in [2.75, 3.05) is 0 Å². The second kappa shape index (κ2) is 16.2. The van der Waals surface area contributed by atoms with Crippen LogP contribution in [0.4, 0.5) is 0 Å². The van der Waals surface area contributed by atoms with Crippen LogP contribution < -0.4 is 5.19 Å². The third-order valence-electron chi connectivity index (χ3n) is 8.49. The van der Waals surface area contributed by atoms with E-state index in [0.29, 0.717) is 17.5 Å². The summed E-state index contributed by atoms with van der Waals surface area (Å²) in [7, 11) is -1.34. The molecule has 0 saturated heterocycles. The molecule has 0 amide bonds. The van der Waals surface area contributed by atoms with Crippen molar-refractivity contribution in [2.45, 2.75) is 60.2 Å². The van der Waals surface area contributed by atoms with Crippen LogP contribution in [-0.2, 0) is 32.9 Å². The Balaban J connectivity index is 0.000000204. The second-order valence-corrected chi connectivity index (χ2v) is 19.7. The molecule has 6 heteroatoms. The summed E-state index contributed by atoms with van der Waals surface area (Å²) in [6.45, 7) is 16.2. The number of aromatic nitrogens is 3. The Bertz CT molecular complexity index is 2170. The van der Waals surface area contributed by atoms with Crippen molar-refractivity contribution in [1.29, 1.82) is 0 Å². The van der Waals surface area contributed by atoms with Gasteiger partial charge in [0.1, 0.15) is 0 Å². The maximum atomic E-state index is 6.02. The molecule has 0 saturated carbocycles.